The van der Waals surface area contributed by atoms with Crippen molar-refractivity contribution in [1.29, 1.82) is 0 Å². The third-order valence-corrected chi connectivity index (χ3v) is 10.8. The number of benzene rings is 2. The standard InChI is InChI=1S/C28H37NO6Si/c1-6-24(26(31)29-22(20-34-27(29)32)19-21-13-9-7-10-14-21)25(30)17-18-35-36(33-5,28(2,3)4)23-15-11-8-12-16-23/h6-16,22,25,30H,17-20H2,1-5H3/t22-,25+,36?/m1/s1. The van der Waals surface area contributed by atoms with Crippen molar-refractivity contribution < 1.29 is 28.3 Å². The molecule has 0 aromatic heterocycles. The summed E-state index contributed by atoms with van der Waals surface area (Å²) in [6.07, 6.45) is 0.428. The van der Waals surface area contributed by atoms with E-state index in [1.165, 1.54) is 0 Å². The topological polar surface area (TPSA) is 85.3 Å². The van der Waals surface area contributed by atoms with Gasteiger partial charge in [0.1, 0.15) is 6.61 Å². The fourth-order valence-electron chi connectivity index (χ4n) is 4.69. The minimum atomic E-state index is -2.88. The number of rotatable bonds is 10. The first-order chi connectivity index (χ1) is 17.1. The lowest BCUT2D eigenvalue weighted by Crippen LogP contribution is -2.60. The van der Waals surface area contributed by atoms with Gasteiger partial charge in [0.25, 0.3) is 5.91 Å². The van der Waals surface area contributed by atoms with Crippen LogP contribution in [-0.2, 0) is 24.8 Å². The van der Waals surface area contributed by atoms with Crippen LogP contribution in [0, 0.1) is 0 Å². The van der Waals surface area contributed by atoms with Crippen molar-refractivity contribution in [2.24, 2.45) is 0 Å². The molecule has 0 bridgehead atoms. The highest BCUT2D eigenvalue weighted by Gasteiger charge is 2.50. The first-order valence-corrected chi connectivity index (χ1v) is 14.1. The largest absolute Gasteiger partial charge is 0.447 e. The molecule has 2 amide bonds. The molecule has 1 N–H and O–H groups in total. The Morgan fingerprint density at radius 3 is 2.33 bits per heavy atom. The van der Waals surface area contributed by atoms with Crippen molar-refractivity contribution in [3.63, 3.8) is 0 Å². The van der Waals surface area contributed by atoms with E-state index in [0.717, 1.165) is 15.7 Å². The molecule has 0 spiro atoms. The second-order valence-corrected chi connectivity index (χ2v) is 13.9. The lowest BCUT2D eigenvalue weighted by molar-refractivity contribution is -0.126. The Labute approximate surface area is 214 Å². The van der Waals surface area contributed by atoms with Gasteiger partial charge in [-0.1, -0.05) is 87.5 Å². The number of imide groups is 1. The molecule has 1 saturated heterocycles. The normalized spacial score (nSPS) is 19.1. The third kappa shape index (κ3) is 5.95. The quantitative estimate of drug-likeness (QED) is 0.382. The van der Waals surface area contributed by atoms with E-state index in [0.29, 0.717) is 6.42 Å². The predicted octanol–water partition coefficient (Wildman–Crippen LogP) is 4.09. The van der Waals surface area contributed by atoms with Crippen molar-refractivity contribution in [2.45, 2.75) is 57.7 Å². The van der Waals surface area contributed by atoms with Crippen LogP contribution in [0.2, 0.25) is 5.04 Å². The third-order valence-electron chi connectivity index (χ3n) is 6.54. The van der Waals surface area contributed by atoms with Gasteiger partial charge < -0.3 is 18.7 Å². The van der Waals surface area contributed by atoms with E-state index in [9.17, 15) is 14.7 Å². The summed E-state index contributed by atoms with van der Waals surface area (Å²) in [5.41, 5.74) is 1.15. The molecule has 1 unspecified atom stereocenters. The lowest BCUT2D eigenvalue weighted by atomic mass is 10.0. The van der Waals surface area contributed by atoms with Gasteiger partial charge >= 0.3 is 14.7 Å². The number of aliphatic hydroxyl groups excluding tert-OH is 1. The van der Waals surface area contributed by atoms with Crippen LogP contribution in [0.15, 0.2) is 72.3 Å². The molecule has 1 fully saturated rings. The van der Waals surface area contributed by atoms with Crippen LogP contribution in [0.5, 0.6) is 0 Å². The molecular formula is C28H37NO6Si. The van der Waals surface area contributed by atoms with Gasteiger partial charge in [-0.15, -0.1) is 0 Å². The van der Waals surface area contributed by atoms with Gasteiger partial charge in [0.15, 0.2) is 0 Å². The molecule has 2 aromatic carbocycles. The van der Waals surface area contributed by atoms with Crippen molar-refractivity contribution in [3.05, 3.63) is 77.9 Å². The predicted molar refractivity (Wildman–Crippen MR) is 141 cm³/mol. The van der Waals surface area contributed by atoms with E-state index < -0.39 is 32.7 Å². The molecule has 0 aliphatic carbocycles. The number of hydrogen-bond donors (Lipinski definition) is 1. The Morgan fingerprint density at radius 1 is 1.17 bits per heavy atom. The molecule has 2 aromatic rings. The highest BCUT2D eigenvalue weighted by Crippen LogP contribution is 2.37. The first-order valence-electron chi connectivity index (χ1n) is 12.3. The second kappa shape index (κ2) is 12.0. The summed E-state index contributed by atoms with van der Waals surface area (Å²) in [6, 6.07) is 19.1. The fourth-order valence-corrected chi connectivity index (χ4v) is 8.15. The minimum Gasteiger partial charge on any atom is -0.447 e. The SMILES string of the molecule is CC=C(C(=O)N1C(=O)OC[C@H]1Cc1ccccc1)[C@@H](O)CCO[Si](OC)(c1ccccc1)C(C)(C)C. The van der Waals surface area contributed by atoms with Crippen molar-refractivity contribution in [3.8, 4) is 0 Å². The van der Waals surface area contributed by atoms with Gasteiger partial charge in [0.2, 0.25) is 0 Å². The maximum Gasteiger partial charge on any atom is 0.417 e. The highest BCUT2D eigenvalue weighted by atomic mass is 28.4. The average molecular weight is 512 g/mol. The molecule has 1 aliphatic heterocycles. The van der Waals surface area contributed by atoms with E-state index in [1.54, 1.807) is 20.1 Å². The fraction of sp³-hybridized carbons (Fsp3) is 0.429. The van der Waals surface area contributed by atoms with Gasteiger partial charge in [-0.25, -0.2) is 9.69 Å². The zero-order valence-electron chi connectivity index (χ0n) is 21.8. The van der Waals surface area contributed by atoms with Gasteiger partial charge in [0.05, 0.1) is 12.1 Å². The molecule has 0 saturated carbocycles. The van der Waals surface area contributed by atoms with Crippen molar-refractivity contribution >= 4 is 25.7 Å². The summed E-state index contributed by atoms with van der Waals surface area (Å²) in [4.78, 5) is 26.9. The number of allylic oxidation sites excluding steroid dienone is 1. The molecule has 194 valence electrons. The van der Waals surface area contributed by atoms with Crippen LogP contribution in [0.4, 0.5) is 4.79 Å². The lowest BCUT2D eigenvalue weighted by Gasteiger charge is -2.40. The number of ether oxygens (including phenoxy) is 1. The molecule has 1 heterocycles. The molecule has 8 heteroatoms. The molecule has 0 radical (unpaired) electrons. The van der Waals surface area contributed by atoms with E-state index in [1.807, 2.05) is 60.7 Å². The monoisotopic (exact) mass is 511 g/mol. The first kappa shape index (κ1) is 27.8. The van der Waals surface area contributed by atoms with Crippen LogP contribution in [0.1, 0.15) is 39.7 Å². The van der Waals surface area contributed by atoms with Gasteiger partial charge in [-0.2, -0.15) is 0 Å². The van der Waals surface area contributed by atoms with Crippen LogP contribution >= 0.6 is 0 Å². The molecule has 3 atom stereocenters. The van der Waals surface area contributed by atoms with Crippen molar-refractivity contribution in [1.82, 2.24) is 4.90 Å². The maximum atomic E-state index is 13.4. The summed E-state index contributed by atoms with van der Waals surface area (Å²) in [6.45, 7) is 8.24. The number of hydrogen-bond acceptors (Lipinski definition) is 6. The zero-order valence-corrected chi connectivity index (χ0v) is 22.8. The molecule has 1 aliphatic rings. The average Bonchev–Trinajstić information content (AvgIpc) is 3.22. The van der Waals surface area contributed by atoms with Crippen LogP contribution < -0.4 is 5.19 Å². The van der Waals surface area contributed by atoms with E-state index in [2.05, 4.69) is 20.8 Å². The van der Waals surface area contributed by atoms with Crippen molar-refractivity contribution in [2.75, 3.05) is 20.3 Å². The van der Waals surface area contributed by atoms with Crippen LogP contribution in [0.3, 0.4) is 0 Å². The number of aliphatic hydroxyl groups is 1. The summed E-state index contributed by atoms with van der Waals surface area (Å²) in [5.74, 6) is -0.539. The number of carbonyl (C=O) groups excluding carboxylic acids is 2. The molecular weight excluding hydrogens is 474 g/mol. The summed E-state index contributed by atoms with van der Waals surface area (Å²) >= 11 is 0. The van der Waals surface area contributed by atoms with E-state index >= 15 is 0 Å². The van der Waals surface area contributed by atoms with E-state index in [-0.39, 0.29) is 30.2 Å². The Bertz CT molecular complexity index is 1050. The Hall–Kier alpha value is -2.78. The molecule has 7 nitrogen and oxygen atoms in total. The summed E-state index contributed by atoms with van der Waals surface area (Å²) < 4.78 is 17.7. The number of cyclic esters (lactones) is 1. The number of nitrogens with zero attached hydrogens (tertiary/aromatic N) is 1. The maximum absolute atomic E-state index is 13.4. The second-order valence-electron chi connectivity index (χ2n) is 9.93. The Balaban J connectivity index is 1.70. The minimum absolute atomic E-state index is 0.125. The number of amides is 2. The highest BCUT2D eigenvalue weighted by molar-refractivity contribution is 6.83. The Morgan fingerprint density at radius 2 is 1.78 bits per heavy atom. The van der Waals surface area contributed by atoms with E-state index in [4.69, 9.17) is 13.6 Å². The van der Waals surface area contributed by atoms with Crippen LogP contribution in [0.25, 0.3) is 0 Å². The zero-order chi connectivity index (χ0) is 26.3. The van der Waals surface area contributed by atoms with Gasteiger partial charge in [-0.3, -0.25) is 4.79 Å². The van der Waals surface area contributed by atoms with Gasteiger partial charge in [0, 0.05) is 24.3 Å². The molecule has 3 rings (SSSR count). The molecule has 36 heavy (non-hydrogen) atoms. The van der Waals surface area contributed by atoms with Gasteiger partial charge in [-0.05, 0) is 30.5 Å². The smallest absolute Gasteiger partial charge is 0.417 e. The number of carbonyl (C=O) groups is 2. The summed E-state index contributed by atoms with van der Waals surface area (Å²) in [7, 11) is -1.22. The summed E-state index contributed by atoms with van der Waals surface area (Å²) in [5, 5.41) is 11.7. The Kier molecular flexibility index (Phi) is 9.24. The van der Waals surface area contributed by atoms with Crippen LogP contribution in [-0.4, -0.2) is 63.0 Å².